The van der Waals surface area contributed by atoms with E-state index in [1.165, 1.54) is 12.1 Å². The predicted octanol–water partition coefficient (Wildman–Crippen LogP) is 5.66. The monoisotopic (exact) mass is 413 g/mol. The Labute approximate surface area is 179 Å². The first-order valence-corrected chi connectivity index (χ1v) is 9.69. The van der Waals surface area contributed by atoms with Crippen molar-refractivity contribution in [1.82, 2.24) is 9.97 Å². The lowest BCUT2D eigenvalue weighted by molar-refractivity contribution is 0.284. The van der Waals surface area contributed by atoms with Gasteiger partial charge in [-0.3, -0.25) is 0 Å². The average molecular weight is 413 g/mol. The summed E-state index contributed by atoms with van der Waals surface area (Å²) in [4.78, 5) is 7.72. The fourth-order valence-electron chi connectivity index (χ4n) is 3.25. The van der Waals surface area contributed by atoms with Gasteiger partial charge in [0.05, 0.1) is 23.7 Å². The molecule has 0 saturated heterocycles. The summed E-state index contributed by atoms with van der Waals surface area (Å²) in [5, 5.41) is 9.67. The van der Waals surface area contributed by atoms with Crippen molar-refractivity contribution in [3.8, 4) is 17.6 Å². The smallest absolute Gasteiger partial charge is 0.161 e. The van der Waals surface area contributed by atoms with Gasteiger partial charge in [0.2, 0.25) is 0 Å². The maximum Gasteiger partial charge on any atom is 0.161 e. The van der Waals surface area contributed by atoms with Crippen molar-refractivity contribution in [3.05, 3.63) is 89.0 Å². The minimum atomic E-state index is -0.307. The van der Waals surface area contributed by atoms with Gasteiger partial charge < -0.3 is 14.5 Å². The van der Waals surface area contributed by atoms with Gasteiger partial charge in [-0.15, -0.1) is 0 Å². The second-order valence-electron chi connectivity index (χ2n) is 7.10. The van der Waals surface area contributed by atoms with Gasteiger partial charge in [-0.25, -0.2) is 9.37 Å². The number of hydrogen-bond acceptors (Lipinski definition) is 4. The summed E-state index contributed by atoms with van der Waals surface area (Å²) in [5.74, 6) is 1.25. The molecule has 0 unspecified atom stereocenters. The van der Waals surface area contributed by atoms with Gasteiger partial charge in [0.15, 0.2) is 11.5 Å². The van der Waals surface area contributed by atoms with Crippen LogP contribution in [0.2, 0.25) is 0 Å². The number of ether oxygens (including phenoxy) is 2. The highest BCUT2D eigenvalue weighted by atomic mass is 19.1. The number of nitrogens with zero attached hydrogens (tertiary/aromatic N) is 2. The molecule has 1 aromatic heterocycles. The Morgan fingerprint density at radius 3 is 2.77 bits per heavy atom. The minimum absolute atomic E-state index is 0.213. The number of nitrogens with one attached hydrogen (secondary N) is 1. The van der Waals surface area contributed by atoms with Crippen molar-refractivity contribution in [2.45, 2.75) is 13.5 Å². The topological polar surface area (TPSA) is 70.9 Å². The molecule has 0 aliphatic heterocycles. The van der Waals surface area contributed by atoms with Crippen LogP contribution in [0.4, 0.5) is 4.39 Å². The van der Waals surface area contributed by atoms with E-state index in [0.29, 0.717) is 22.9 Å². The molecule has 5 nitrogen and oxygen atoms in total. The molecule has 0 spiro atoms. The summed E-state index contributed by atoms with van der Waals surface area (Å²) in [6.07, 6.45) is 1.74. The number of hydrogen-bond donors (Lipinski definition) is 1. The molecule has 1 N–H and O–H groups in total. The zero-order valence-electron chi connectivity index (χ0n) is 17.1. The van der Waals surface area contributed by atoms with Crippen LogP contribution in [0.3, 0.4) is 0 Å². The molecule has 0 saturated carbocycles. The van der Waals surface area contributed by atoms with Crippen LogP contribution < -0.4 is 9.47 Å². The number of nitriles is 1. The van der Waals surface area contributed by atoms with Crippen LogP contribution in [0.15, 0.2) is 60.7 Å². The molecule has 0 aliphatic rings. The van der Waals surface area contributed by atoms with Gasteiger partial charge in [0, 0.05) is 0 Å². The first-order chi connectivity index (χ1) is 15.1. The summed E-state index contributed by atoms with van der Waals surface area (Å²) in [7, 11) is 1.55. The van der Waals surface area contributed by atoms with Crippen LogP contribution in [0, 0.1) is 24.1 Å². The predicted molar refractivity (Wildman–Crippen MR) is 118 cm³/mol. The number of H-pyrrole nitrogens is 1. The van der Waals surface area contributed by atoms with Gasteiger partial charge in [0.25, 0.3) is 0 Å². The third-order valence-electron chi connectivity index (χ3n) is 4.80. The van der Waals surface area contributed by atoms with Crippen LogP contribution in [0.25, 0.3) is 22.7 Å². The fourth-order valence-corrected chi connectivity index (χ4v) is 3.25. The number of methoxy groups -OCH3 is 1. The van der Waals surface area contributed by atoms with E-state index in [9.17, 15) is 9.65 Å². The van der Waals surface area contributed by atoms with E-state index in [-0.39, 0.29) is 12.4 Å². The highest BCUT2D eigenvalue weighted by Crippen LogP contribution is 2.30. The van der Waals surface area contributed by atoms with E-state index in [1.807, 2.05) is 31.2 Å². The molecule has 154 valence electrons. The van der Waals surface area contributed by atoms with Crippen molar-refractivity contribution < 1.29 is 13.9 Å². The number of aryl methyl sites for hydroxylation is 1. The highest BCUT2D eigenvalue weighted by Gasteiger charge is 2.10. The molecule has 4 aromatic rings. The van der Waals surface area contributed by atoms with Crippen molar-refractivity contribution in [2.24, 2.45) is 0 Å². The number of imidazole rings is 1. The van der Waals surface area contributed by atoms with Gasteiger partial charge in [-0.2, -0.15) is 5.26 Å². The van der Waals surface area contributed by atoms with Gasteiger partial charge in [-0.1, -0.05) is 24.3 Å². The Balaban J connectivity index is 1.59. The molecule has 0 fully saturated rings. The lowest BCUT2D eigenvalue weighted by Crippen LogP contribution is -1.98. The summed E-state index contributed by atoms with van der Waals surface area (Å²) in [5.41, 5.74) is 4.70. The van der Waals surface area contributed by atoms with E-state index in [1.54, 1.807) is 37.5 Å². The van der Waals surface area contributed by atoms with E-state index >= 15 is 0 Å². The number of halogens is 1. The lowest BCUT2D eigenvalue weighted by Gasteiger charge is -2.11. The Kier molecular flexibility index (Phi) is 5.67. The van der Waals surface area contributed by atoms with Crippen molar-refractivity contribution in [1.29, 1.82) is 5.26 Å². The maximum absolute atomic E-state index is 13.4. The molecular formula is C25H20FN3O2. The molecule has 31 heavy (non-hydrogen) atoms. The number of fused-ring (bicyclic) bond motifs is 1. The van der Waals surface area contributed by atoms with E-state index in [0.717, 1.165) is 27.7 Å². The standard InChI is InChI=1S/C25H20FN3O2/c1-16-6-8-21-22(10-16)29-25(28-21)19(14-27)11-17-7-9-23(24(13-17)30-2)31-15-18-4-3-5-20(26)12-18/h3-13H,15H2,1-2H3,(H,28,29). The molecule has 0 radical (unpaired) electrons. The zero-order valence-corrected chi connectivity index (χ0v) is 17.1. The van der Waals surface area contributed by atoms with Crippen LogP contribution in [0.1, 0.15) is 22.5 Å². The van der Waals surface area contributed by atoms with Crippen LogP contribution >= 0.6 is 0 Å². The zero-order chi connectivity index (χ0) is 21.8. The van der Waals surface area contributed by atoms with E-state index < -0.39 is 0 Å². The first-order valence-electron chi connectivity index (χ1n) is 9.69. The fraction of sp³-hybridized carbons (Fsp3) is 0.120. The van der Waals surface area contributed by atoms with Crippen molar-refractivity contribution in [2.75, 3.05) is 7.11 Å². The van der Waals surface area contributed by atoms with Crippen molar-refractivity contribution in [3.63, 3.8) is 0 Å². The number of allylic oxidation sites excluding steroid dienone is 1. The molecule has 3 aromatic carbocycles. The summed E-state index contributed by atoms with van der Waals surface area (Å²) < 4.78 is 24.6. The Hall–Kier alpha value is -4.11. The summed E-state index contributed by atoms with van der Waals surface area (Å²) in [6, 6.07) is 19.7. The largest absolute Gasteiger partial charge is 0.493 e. The Bertz CT molecular complexity index is 1320. The molecule has 4 rings (SSSR count). The summed E-state index contributed by atoms with van der Waals surface area (Å²) in [6.45, 7) is 2.22. The van der Waals surface area contributed by atoms with E-state index in [4.69, 9.17) is 9.47 Å². The lowest BCUT2D eigenvalue weighted by atomic mass is 10.1. The minimum Gasteiger partial charge on any atom is -0.493 e. The SMILES string of the molecule is COc1cc(C=C(C#N)c2nc3ccc(C)cc3[nH]2)ccc1OCc1cccc(F)c1. The highest BCUT2D eigenvalue weighted by molar-refractivity contribution is 5.90. The van der Waals surface area contributed by atoms with Crippen LogP contribution in [-0.4, -0.2) is 17.1 Å². The number of aromatic amines is 1. The Morgan fingerprint density at radius 2 is 2.00 bits per heavy atom. The van der Waals surface area contributed by atoms with Gasteiger partial charge >= 0.3 is 0 Å². The van der Waals surface area contributed by atoms with Crippen LogP contribution in [-0.2, 0) is 6.61 Å². The number of benzene rings is 3. The van der Waals surface area contributed by atoms with Crippen molar-refractivity contribution >= 4 is 22.7 Å². The molecule has 0 amide bonds. The average Bonchev–Trinajstić information content (AvgIpc) is 3.19. The summed E-state index contributed by atoms with van der Waals surface area (Å²) >= 11 is 0. The normalized spacial score (nSPS) is 11.4. The van der Waals surface area contributed by atoms with Gasteiger partial charge in [-0.05, 0) is 66.1 Å². The quantitative estimate of drug-likeness (QED) is 0.414. The van der Waals surface area contributed by atoms with Crippen LogP contribution in [0.5, 0.6) is 11.5 Å². The third-order valence-corrected chi connectivity index (χ3v) is 4.80. The molecule has 0 atom stereocenters. The molecule has 0 bridgehead atoms. The molecule has 6 heteroatoms. The maximum atomic E-state index is 13.4. The second kappa shape index (κ2) is 8.72. The molecule has 0 aliphatic carbocycles. The number of rotatable bonds is 6. The third kappa shape index (κ3) is 4.57. The van der Waals surface area contributed by atoms with E-state index in [2.05, 4.69) is 16.0 Å². The molecule has 1 heterocycles. The second-order valence-corrected chi connectivity index (χ2v) is 7.10. The van der Waals surface area contributed by atoms with Gasteiger partial charge in [0.1, 0.15) is 24.3 Å². The number of aromatic nitrogens is 2. The first kappa shape index (κ1) is 20.2. The molecular weight excluding hydrogens is 393 g/mol. The Morgan fingerprint density at radius 1 is 1.13 bits per heavy atom.